The van der Waals surface area contributed by atoms with Crippen molar-refractivity contribution in [3.8, 4) is 17.1 Å². The second-order valence-electron chi connectivity index (χ2n) is 4.42. The maximum Gasteiger partial charge on any atom is 0.341 e. The van der Waals surface area contributed by atoms with Crippen LogP contribution in [0.4, 0.5) is 0 Å². The fraction of sp³-hybridized carbons (Fsp3) is 0.267. The number of carbonyl (C=O) groups excluding carboxylic acids is 1. The minimum absolute atomic E-state index is 0.00569. The van der Waals surface area contributed by atoms with Crippen LogP contribution in [0.25, 0.3) is 11.3 Å². The summed E-state index contributed by atoms with van der Waals surface area (Å²) in [6.45, 7) is 1.53. The number of rotatable bonds is 5. The number of hydrogen-bond acceptors (Lipinski definition) is 6. The van der Waals surface area contributed by atoms with Crippen LogP contribution in [-0.2, 0) is 14.6 Å². The summed E-state index contributed by atoms with van der Waals surface area (Å²) >= 11 is 0. The Morgan fingerprint density at radius 3 is 2.50 bits per heavy atom. The molecule has 1 aromatic carbocycles. The van der Waals surface area contributed by atoms with Gasteiger partial charge in [-0.05, 0) is 24.3 Å². The van der Waals surface area contributed by atoms with Crippen LogP contribution in [0.1, 0.15) is 17.3 Å². The van der Waals surface area contributed by atoms with Gasteiger partial charge in [-0.15, -0.1) is 0 Å². The summed E-state index contributed by atoms with van der Waals surface area (Å²) in [5.74, 6) is -0.182. The Morgan fingerprint density at radius 2 is 2.00 bits per heavy atom. The van der Waals surface area contributed by atoms with Gasteiger partial charge in [0.15, 0.2) is 9.84 Å². The van der Waals surface area contributed by atoms with Crippen molar-refractivity contribution in [3.63, 3.8) is 0 Å². The number of furan rings is 1. The largest absolute Gasteiger partial charge is 0.496 e. The van der Waals surface area contributed by atoms with Crippen molar-refractivity contribution in [3.05, 3.63) is 36.1 Å². The van der Waals surface area contributed by atoms with E-state index in [1.165, 1.54) is 39.5 Å². The van der Waals surface area contributed by atoms with Gasteiger partial charge >= 0.3 is 5.97 Å². The molecule has 0 unspecified atom stereocenters. The molecular formula is C15H16O6S. The second kappa shape index (κ2) is 6.23. The molecule has 0 spiro atoms. The summed E-state index contributed by atoms with van der Waals surface area (Å²) in [6.07, 6.45) is 1.44. The topological polar surface area (TPSA) is 82.8 Å². The van der Waals surface area contributed by atoms with E-state index in [1.807, 2.05) is 0 Å². The van der Waals surface area contributed by atoms with Crippen LogP contribution in [0.3, 0.4) is 0 Å². The lowest BCUT2D eigenvalue weighted by Crippen LogP contribution is -2.10. The lowest BCUT2D eigenvalue weighted by atomic mass is 10.1. The summed E-state index contributed by atoms with van der Waals surface area (Å²) in [5.41, 5.74) is 0.392. The summed E-state index contributed by atoms with van der Waals surface area (Å²) in [5, 5.41) is 0. The molecule has 22 heavy (non-hydrogen) atoms. The van der Waals surface area contributed by atoms with Gasteiger partial charge in [-0.1, -0.05) is 6.92 Å². The first-order valence-corrected chi connectivity index (χ1v) is 8.16. The van der Waals surface area contributed by atoms with Crippen LogP contribution < -0.4 is 4.74 Å². The molecule has 0 saturated heterocycles. The summed E-state index contributed by atoms with van der Waals surface area (Å²) < 4.78 is 39.8. The summed E-state index contributed by atoms with van der Waals surface area (Å²) in [6, 6.07) is 6.02. The fourth-order valence-electron chi connectivity index (χ4n) is 2.04. The first-order chi connectivity index (χ1) is 10.4. The highest BCUT2D eigenvalue weighted by Gasteiger charge is 2.25. The molecule has 0 saturated carbocycles. The lowest BCUT2D eigenvalue weighted by Gasteiger charge is -2.13. The number of esters is 1. The normalized spacial score (nSPS) is 11.2. The maximum atomic E-state index is 12.3. The molecule has 1 heterocycles. The average molecular weight is 324 g/mol. The first kappa shape index (κ1) is 16.1. The number of hydrogen-bond donors (Lipinski definition) is 0. The molecule has 0 fully saturated rings. The van der Waals surface area contributed by atoms with Crippen molar-refractivity contribution >= 4 is 15.8 Å². The van der Waals surface area contributed by atoms with Crippen LogP contribution in [0.2, 0.25) is 0 Å². The molecule has 0 atom stereocenters. The van der Waals surface area contributed by atoms with Gasteiger partial charge in [-0.25, -0.2) is 13.2 Å². The van der Waals surface area contributed by atoms with E-state index < -0.39 is 15.8 Å². The molecule has 2 rings (SSSR count). The summed E-state index contributed by atoms with van der Waals surface area (Å²) in [7, 11) is -0.958. The van der Waals surface area contributed by atoms with E-state index >= 15 is 0 Å². The Balaban J connectivity index is 2.80. The highest BCUT2D eigenvalue weighted by Crippen LogP contribution is 2.35. The molecule has 7 heteroatoms. The quantitative estimate of drug-likeness (QED) is 0.786. The number of ether oxygens (including phenoxy) is 2. The molecule has 118 valence electrons. The SMILES string of the molecule is CCS(=O)(=O)c1cc(C(=O)OC)c(OC)cc1-c1ccco1. The minimum Gasteiger partial charge on any atom is -0.496 e. The zero-order chi connectivity index (χ0) is 16.3. The highest BCUT2D eigenvalue weighted by molar-refractivity contribution is 7.91. The average Bonchev–Trinajstić information content (AvgIpc) is 3.07. The standard InChI is InChI=1S/C15H16O6S/c1-4-22(17,18)14-9-11(15(16)20-3)13(19-2)8-10(14)12-6-5-7-21-12/h5-9H,4H2,1-3H3. The monoisotopic (exact) mass is 324 g/mol. The molecule has 0 aliphatic rings. The maximum absolute atomic E-state index is 12.3. The smallest absolute Gasteiger partial charge is 0.341 e. The first-order valence-electron chi connectivity index (χ1n) is 6.51. The van der Waals surface area contributed by atoms with Crippen molar-refractivity contribution in [2.45, 2.75) is 11.8 Å². The Hall–Kier alpha value is -2.28. The van der Waals surface area contributed by atoms with Crippen molar-refractivity contribution in [2.75, 3.05) is 20.0 Å². The van der Waals surface area contributed by atoms with Gasteiger partial charge in [0.25, 0.3) is 0 Å². The van der Waals surface area contributed by atoms with Gasteiger partial charge in [0.05, 0.1) is 31.1 Å². The Bertz CT molecular complexity index is 775. The van der Waals surface area contributed by atoms with Gasteiger partial charge in [-0.2, -0.15) is 0 Å². The zero-order valence-electron chi connectivity index (χ0n) is 12.5. The van der Waals surface area contributed by atoms with Crippen LogP contribution in [-0.4, -0.2) is 34.4 Å². The van der Waals surface area contributed by atoms with Gasteiger partial charge in [0.2, 0.25) is 0 Å². The van der Waals surface area contributed by atoms with E-state index in [-0.39, 0.29) is 22.0 Å². The molecular weight excluding hydrogens is 308 g/mol. The molecule has 0 N–H and O–H groups in total. The Morgan fingerprint density at radius 1 is 1.27 bits per heavy atom. The second-order valence-corrected chi connectivity index (χ2v) is 6.67. The van der Waals surface area contributed by atoms with Gasteiger partial charge < -0.3 is 13.9 Å². The van der Waals surface area contributed by atoms with Gasteiger partial charge in [0.1, 0.15) is 17.1 Å². The van der Waals surface area contributed by atoms with Crippen LogP contribution >= 0.6 is 0 Å². The van der Waals surface area contributed by atoms with Crippen molar-refractivity contribution in [2.24, 2.45) is 0 Å². The van der Waals surface area contributed by atoms with Crippen molar-refractivity contribution in [1.29, 1.82) is 0 Å². The molecule has 1 aromatic heterocycles. The number of sulfone groups is 1. The predicted molar refractivity (Wildman–Crippen MR) is 79.8 cm³/mol. The van der Waals surface area contributed by atoms with E-state index in [9.17, 15) is 13.2 Å². The summed E-state index contributed by atoms with van der Waals surface area (Å²) in [4.78, 5) is 11.8. The molecule has 2 aromatic rings. The van der Waals surface area contributed by atoms with E-state index in [2.05, 4.69) is 4.74 Å². The number of benzene rings is 1. The third-order valence-electron chi connectivity index (χ3n) is 3.21. The lowest BCUT2D eigenvalue weighted by molar-refractivity contribution is 0.0597. The third kappa shape index (κ3) is 2.85. The van der Waals surface area contributed by atoms with Crippen LogP contribution in [0.15, 0.2) is 39.8 Å². The molecule has 6 nitrogen and oxygen atoms in total. The van der Waals surface area contributed by atoms with Crippen LogP contribution in [0.5, 0.6) is 5.75 Å². The highest BCUT2D eigenvalue weighted by atomic mass is 32.2. The molecule has 0 bridgehead atoms. The Kier molecular flexibility index (Phi) is 4.56. The minimum atomic E-state index is -3.57. The van der Waals surface area contributed by atoms with Gasteiger partial charge in [-0.3, -0.25) is 0 Å². The third-order valence-corrected chi connectivity index (χ3v) is 4.98. The molecule has 0 aliphatic carbocycles. The van der Waals surface area contributed by atoms with Crippen LogP contribution in [0, 0.1) is 0 Å². The van der Waals surface area contributed by atoms with E-state index in [0.29, 0.717) is 11.3 Å². The zero-order valence-corrected chi connectivity index (χ0v) is 13.3. The van der Waals surface area contributed by atoms with E-state index in [1.54, 1.807) is 12.1 Å². The Labute approximate surface area is 128 Å². The number of carbonyl (C=O) groups is 1. The van der Waals surface area contributed by atoms with Gasteiger partial charge in [0, 0.05) is 5.56 Å². The van der Waals surface area contributed by atoms with E-state index in [4.69, 9.17) is 9.15 Å². The number of methoxy groups -OCH3 is 2. The van der Waals surface area contributed by atoms with Crippen molar-refractivity contribution < 1.29 is 27.1 Å². The fourth-order valence-corrected chi connectivity index (χ4v) is 3.14. The van der Waals surface area contributed by atoms with Crippen molar-refractivity contribution in [1.82, 2.24) is 0 Å². The molecule has 0 amide bonds. The predicted octanol–water partition coefficient (Wildman–Crippen LogP) is 2.54. The van der Waals surface area contributed by atoms with E-state index in [0.717, 1.165) is 0 Å². The molecule has 0 radical (unpaired) electrons. The molecule has 0 aliphatic heterocycles.